The van der Waals surface area contributed by atoms with Gasteiger partial charge < -0.3 is 30.8 Å². The third-order valence-electron chi connectivity index (χ3n) is 11.0. The number of hydrogen-bond donors (Lipinski definition) is 5. The Hall–Kier alpha value is -3.39. The molecule has 3 fully saturated rings. The first-order valence-electron chi connectivity index (χ1n) is 15.3. The Morgan fingerprint density at radius 1 is 1.07 bits per heavy atom. The maximum atomic E-state index is 12.6. The monoisotopic (exact) mass is 599 g/mol. The van der Waals surface area contributed by atoms with Crippen molar-refractivity contribution in [3.05, 3.63) is 11.6 Å². The number of nitrogens with zero attached hydrogens (tertiary/aromatic N) is 1. The van der Waals surface area contributed by atoms with E-state index in [1.807, 2.05) is 0 Å². The highest BCUT2D eigenvalue weighted by molar-refractivity contribution is 5.96. The molecule has 0 aromatic carbocycles. The SMILES string of the molecule is C#C[C@@]1(O)CC[C@@H]2[C@@H]3CCC4=C/C(=N/OCC(=O)N[C@H](C(=O)N[C@@H](CC(=O)O)C(=O)O)C(C)C)CC[C@]4(C)[C@@H]3CC[C@@]21C. The molecule has 4 aliphatic rings. The Morgan fingerprint density at radius 3 is 2.40 bits per heavy atom. The highest BCUT2D eigenvalue weighted by Gasteiger charge is 2.63. The molecule has 0 aliphatic heterocycles. The second-order valence-corrected chi connectivity index (χ2v) is 13.6. The minimum absolute atomic E-state index is 0.0454. The number of carbonyl (C=O) groups is 4. The van der Waals surface area contributed by atoms with Crippen LogP contribution in [0.4, 0.5) is 0 Å². The maximum absolute atomic E-state index is 12.6. The highest BCUT2D eigenvalue weighted by atomic mass is 16.6. The molecule has 4 aliphatic carbocycles. The van der Waals surface area contributed by atoms with Gasteiger partial charge in [0.25, 0.3) is 5.91 Å². The number of allylic oxidation sites excluding steroid dienone is 2. The van der Waals surface area contributed by atoms with Gasteiger partial charge in [0.15, 0.2) is 6.61 Å². The van der Waals surface area contributed by atoms with E-state index in [4.69, 9.17) is 16.4 Å². The van der Waals surface area contributed by atoms with Crippen LogP contribution >= 0.6 is 0 Å². The van der Waals surface area contributed by atoms with Gasteiger partial charge in [-0.05, 0) is 86.5 Å². The smallest absolute Gasteiger partial charge is 0.326 e. The molecular formula is C32H45N3O8. The Bertz CT molecular complexity index is 1250. The van der Waals surface area contributed by atoms with Crippen LogP contribution in [0.5, 0.6) is 0 Å². The van der Waals surface area contributed by atoms with Gasteiger partial charge in [0.1, 0.15) is 17.7 Å². The summed E-state index contributed by atoms with van der Waals surface area (Å²) in [6, 6.07) is -2.70. The Labute approximate surface area is 252 Å². The van der Waals surface area contributed by atoms with Gasteiger partial charge in [0.2, 0.25) is 5.91 Å². The second kappa shape index (κ2) is 12.3. The second-order valence-electron chi connectivity index (χ2n) is 13.6. The molecular weight excluding hydrogens is 554 g/mol. The molecule has 3 saturated carbocycles. The molecule has 0 radical (unpaired) electrons. The Kier molecular flexibility index (Phi) is 9.31. The van der Waals surface area contributed by atoms with Crippen molar-refractivity contribution in [3.63, 3.8) is 0 Å². The first-order valence-corrected chi connectivity index (χ1v) is 15.3. The van der Waals surface area contributed by atoms with Gasteiger partial charge in [-0.1, -0.05) is 44.3 Å². The fourth-order valence-corrected chi connectivity index (χ4v) is 8.46. The van der Waals surface area contributed by atoms with E-state index in [2.05, 4.69) is 41.6 Å². The summed E-state index contributed by atoms with van der Waals surface area (Å²) < 4.78 is 0. The molecule has 0 spiro atoms. The van der Waals surface area contributed by atoms with Crippen LogP contribution in [-0.2, 0) is 24.0 Å². The number of aliphatic carboxylic acids is 2. The summed E-state index contributed by atoms with van der Waals surface area (Å²) in [5, 5.41) is 38.3. The molecule has 11 heteroatoms. The molecule has 11 nitrogen and oxygen atoms in total. The quantitative estimate of drug-likeness (QED) is 0.188. The molecule has 8 atom stereocenters. The van der Waals surface area contributed by atoms with Gasteiger partial charge in [-0.3, -0.25) is 14.4 Å². The van der Waals surface area contributed by atoms with Crippen molar-refractivity contribution in [1.29, 1.82) is 0 Å². The lowest BCUT2D eigenvalue weighted by Gasteiger charge is -2.58. The summed E-state index contributed by atoms with van der Waals surface area (Å²) in [4.78, 5) is 52.9. The van der Waals surface area contributed by atoms with Crippen molar-refractivity contribution in [3.8, 4) is 12.3 Å². The molecule has 5 N–H and O–H groups in total. The van der Waals surface area contributed by atoms with Crippen molar-refractivity contribution in [2.75, 3.05) is 6.61 Å². The number of terminal acetylenes is 1. The lowest BCUT2D eigenvalue weighted by molar-refractivity contribution is -0.147. The van der Waals surface area contributed by atoms with Crippen LogP contribution in [0.15, 0.2) is 16.8 Å². The van der Waals surface area contributed by atoms with Crippen LogP contribution < -0.4 is 10.6 Å². The van der Waals surface area contributed by atoms with E-state index >= 15 is 0 Å². The van der Waals surface area contributed by atoms with Crippen molar-refractivity contribution < 1.29 is 39.3 Å². The van der Waals surface area contributed by atoms with E-state index in [0.29, 0.717) is 30.6 Å². The zero-order chi connectivity index (χ0) is 31.7. The standard InChI is InChI=1S/C32H45N3O8/c1-6-32(42)14-11-23-21-8-7-19-15-20(9-12-30(19,4)22(21)10-13-31(23,32)5)35-43-17-25(36)34-27(18(2)3)28(39)33-24(29(40)41)16-26(37)38/h1,15,18,21-24,27,42H,7-14,16-17H2,2-5H3,(H,33,39)(H,34,36)(H,37,38)(H,40,41)/b35-20+/t21-,22-,23-,24+,27+,30+,31+,32-/m1/s1. The number of oxime groups is 1. The van der Waals surface area contributed by atoms with Crippen LogP contribution in [0.1, 0.15) is 85.5 Å². The van der Waals surface area contributed by atoms with Gasteiger partial charge in [-0.15, -0.1) is 6.42 Å². The van der Waals surface area contributed by atoms with Gasteiger partial charge in [0, 0.05) is 5.41 Å². The fraction of sp³-hybridized carbons (Fsp3) is 0.719. The summed E-state index contributed by atoms with van der Waals surface area (Å²) in [5.41, 5.74) is 0.909. The third-order valence-corrected chi connectivity index (χ3v) is 11.0. The number of amides is 2. The first-order chi connectivity index (χ1) is 20.1. The zero-order valence-corrected chi connectivity index (χ0v) is 25.5. The van der Waals surface area contributed by atoms with Crippen molar-refractivity contribution in [2.24, 2.45) is 39.7 Å². The molecule has 0 heterocycles. The van der Waals surface area contributed by atoms with E-state index in [9.17, 15) is 29.4 Å². The number of carboxylic acid groups (broad SMARTS) is 2. The van der Waals surface area contributed by atoms with Crippen LogP contribution in [0.2, 0.25) is 0 Å². The number of nitrogens with one attached hydrogen (secondary N) is 2. The van der Waals surface area contributed by atoms with E-state index < -0.39 is 60.4 Å². The average Bonchev–Trinajstić information content (AvgIpc) is 3.21. The molecule has 0 bridgehead atoms. The number of rotatable bonds is 10. The van der Waals surface area contributed by atoms with Crippen molar-refractivity contribution in [2.45, 2.75) is 103 Å². The summed E-state index contributed by atoms with van der Waals surface area (Å²) >= 11 is 0. The van der Waals surface area contributed by atoms with E-state index in [-0.39, 0.29) is 10.8 Å². The van der Waals surface area contributed by atoms with Crippen molar-refractivity contribution in [1.82, 2.24) is 10.6 Å². The number of carboxylic acids is 2. The topological polar surface area (TPSA) is 175 Å². The summed E-state index contributed by atoms with van der Waals surface area (Å²) in [6.45, 7) is 7.46. The van der Waals surface area contributed by atoms with Gasteiger partial charge >= 0.3 is 11.9 Å². The normalized spacial score (nSPS) is 35.3. The van der Waals surface area contributed by atoms with Crippen LogP contribution in [-0.4, -0.2) is 69.1 Å². The van der Waals surface area contributed by atoms with Crippen molar-refractivity contribution >= 4 is 29.5 Å². The number of aliphatic hydroxyl groups is 1. The van der Waals surface area contributed by atoms with E-state index in [1.54, 1.807) is 13.8 Å². The van der Waals surface area contributed by atoms with Gasteiger partial charge in [-0.2, -0.15) is 0 Å². The average molecular weight is 600 g/mol. The van der Waals surface area contributed by atoms with Crippen LogP contribution in [0.3, 0.4) is 0 Å². The first kappa shape index (κ1) is 32.5. The predicted molar refractivity (Wildman–Crippen MR) is 157 cm³/mol. The lowest BCUT2D eigenvalue weighted by Crippen LogP contribution is -2.54. The minimum Gasteiger partial charge on any atom is -0.481 e. The lowest BCUT2D eigenvalue weighted by atomic mass is 9.46. The predicted octanol–water partition coefficient (Wildman–Crippen LogP) is 2.87. The van der Waals surface area contributed by atoms with Gasteiger partial charge in [0.05, 0.1) is 12.1 Å². The van der Waals surface area contributed by atoms with E-state index in [0.717, 1.165) is 44.2 Å². The molecule has 2 amide bonds. The Morgan fingerprint density at radius 2 is 1.77 bits per heavy atom. The molecule has 0 saturated heterocycles. The van der Waals surface area contributed by atoms with Crippen LogP contribution in [0.25, 0.3) is 0 Å². The maximum Gasteiger partial charge on any atom is 0.326 e. The molecule has 236 valence electrons. The highest BCUT2D eigenvalue weighted by Crippen LogP contribution is 2.67. The zero-order valence-electron chi connectivity index (χ0n) is 25.5. The fourth-order valence-electron chi connectivity index (χ4n) is 8.46. The number of hydrogen-bond acceptors (Lipinski definition) is 7. The molecule has 0 aromatic rings. The number of carbonyl (C=O) groups excluding carboxylic acids is 2. The molecule has 43 heavy (non-hydrogen) atoms. The summed E-state index contributed by atoms with van der Waals surface area (Å²) in [5.74, 6) is -0.430. The van der Waals surface area contributed by atoms with E-state index in [1.165, 1.54) is 5.57 Å². The van der Waals surface area contributed by atoms with Crippen LogP contribution in [0, 0.1) is 46.8 Å². The Balaban J connectivity index is 1.35. The minimum atomic E-state index is -1.62. The molecule has 0 unspecified atom stereocenters. The number of fused-ring (bicyclic) bond motifs is 5. The van der Waals surface area contributed by atoms with Gasteiger partial charge in [-0.25, -0.2) is 4.79 Å². The largest absolute Gasteiger partial charge is 0.481 e. The summed E-state index contributed by atoms with van der Waals surface area (Å²) in [6.07, 6.45) is 14.4. The molecule has 4 rings (SSSR count). The third kappa shape index (κ3) is 6.17. The molecule has 0 aromatic heterocycles. The summed E-state index contributed by atoms with van der Waals surface area (Å²) in [7, 11) is 0.